The Balaban J connectivity index is 1.46. The van der Waals surface area contributed by atoms with Crippen LogP contribution in [0.2, 0.25) is 5.02 Å². The highest BCUT2D eigenvalue weighted by Gasteiger charge is 2.45. The van der Waals surface area contributed by atoms with E-state index in [-0.39, 0.29) is 0 Å². The first-order valence-corrected chi connectivity index (χ1v) is 11.4. The van der Waals surface area contributed by atoms with Crippen LogP contribution in [0.1, 0.15) is 33.9 Å². The highest BCUT2D eigenvalue weighted by atomic mass is 35.5. The Kier molecular flexibility index (Phi) is 6.15. The van der Waals surface area contributed by atoms with Crippen molar-refractivity contribution < 1.29 is 29.9 Å². The first-order valence-electron chi connectivity index (χ1n) is 11.0. The average Bonchev–Trinajstić information content (AvgIpc) is 3.47. The van der Waals surface area contributed by atoms with Gasteiger partial charge in [-0.2, -0.15) is 0 Å². The standard InChI is InChI=1S/C24H28ClNO6/c25-19-15(9-13-1-3-14(4-2-13)11-26-6-7-26)10-17(16-5-8-31-23(16)19)24-22(30)21(29)20(28)18(12-27)32-24/h1-4,10,18,20-22,24,27-30H,5-9,11-12H2/t18-,20-,21+,22-,24+/m1/s1. The van der Waals surface area contributed by atoms with Crippen LogP contribution in [0.5, 0.6) is 5.75 Å². The summed E-state index contributed by atoms with van der Waals surface area (Å²) >= 11 is 6.70. The molecule has 5 atom stereocenters. The second-order valence-electron chi connectivity index (χ2n) is 8.86. The normalized spacial score (nSPS) is 29.6. The van der Waals surface area contributed by atoms with E-state index in [2.05, 4.69) is 29.2 Å². The molecule has 0 amide bonds. The van der Waals surface area contributed by atoms with Crippen molar-refractivity contribution in [2.75, 3.05) is 26.3 Å². The van der Waals surface area contributed by atoms with Crippen LogP contribution in [0.3, 0.4) is 0 Å². The van der Waals surface area contributed by atoms with E-state index >= 15 is 0 Å². The number of hydrogen-bond acceptors (Lipinski definition) is 7. The summed E-state index contributed by atoms with van der Waals surface area (Å²) in [7, 11) is 0. The van der Waals surface area contributed by atoms with Crippen molar-refractivity contribution in [3.05, 3.63) is 63.2 Å². The minimum absolute atomic E-state index is 0.466. The quantitative estimate of drug-likeness (QED) is 0.479. The van der Waals surface area contributed by atoms with Gasteiger partial charge in [-0.25, -0.2) is 0 Å². The summed E-state index contributed by atoms with van der Waals surface area (Å²) in [4.78, 5) is 2.36. The smallest absolute Gasteiger partial charge is 0.141 e. The van der Waals surface area contributed by atoms with E-state index in [9.17, 15) is 20.4 Å². The summed E-state index contributed by atoms with van der Waals surface area (Å²) in [6.45, 7) is 3.29. The van der Waals surface area contributed by atoms with Crippen LogP contribution in [-0.2, 0) is 24.1 Å². The molecule has 4 N–H and O–H groups in total. The predicted octanol–water partition coefficient (Wildman–Crippen LogP) is 1.20. The molecule has 3 aliphatic rings. The molecule has 0 aromatic heterocycles. The molecule has 0 bridgehead atoms. The van der Waals surface area contributed by atoms with Crippen LogP contribution >= 0.6 is 11.6 Å². The third-order valence-corrected chi connectivity index (χ3v) is 7.01. The maximum atomic E-state index is 10.7. The van der Waals surface area contributed by atoms with Crippen molar-refractivity contribution in [3.8, 4) is 5.75 Å². The van der Waals surface area contributed by atoms with Gasteiger partial charge in [0.2, 0.25) is 0 Å². The molecule has 0 unspecified atom stereocenters. The summed E-state index contributed by atoms with van der Waals surface area (Å²) in [5.41, 5.74) is 4.71. The number of ether oxygens (including phenoxy) is 2. The van der Waals surface area contributed by atoms with E-state index < -0.39 is 37.1 Å². The largest absolute Gasteiger partial charge is 0.491 e. The maximum Gasteiger partial charge on any atom is 0.141 e. The van der Waals surface area contributed by atoms with Crippen LogP contribution in [0.15, 0.2) is 30.3 Å². The Hall–Kier alpha value is -1.71. The molecule has 3 heterocycles. The number of benzene rings is 2. The molecule has 32 heavy (non-hydrogen) atoms. The molecule has 2 aromatic rings. The molecule has 2 aromatic carbocycles. The van der Waals surface area contributed by atoms with Crippen molar-refractivity contribution in [2.24, 2.45) is 0 Å². The van der Waals surface area contributed by atoms with Gasteiger partial charge in [0, 0.05) is 31.6 Å². The van der Waals surface area contributed by atoms with Crippen molar-refractivity contribution >= 4 is 11.6 Å². The molecule has 0 spiro atoms. The Morgan fingerprint density at radius 3 is 2.41 bits per heavy atom. The number of aliphatic hydroxyl groups excluding tert-OH is 4. The Bertz CT molecular complexity index is 977. The zero-order valence-electron chi connectivity index (χ0n) is 17.7. The van der Waals surface area contributed by atoms with Gasteiger partial charge in [0.25, 0.3) is 0 Å². The lowest BCUT2D eigenvalue weighted by molar-refractivity contribution is -0.231. The lowest BCUT2D eigenvalue weighted by atomic mass is 9.87. The van der Waals surface area contributed by atoms with Crippen molar-refractivity contribution in [3.63, 3.8) is 0 Å². The predicted molar refractivity (Wildman–Crippen MR) is 118 cm³/mol. The minimum atomic E-state index is -1.43. The van der Waals surface area contributed by atoms with E-state index in [1.54, 1.807) is 0 Å². The van der Waals surface area contributed by atoms with E-state index in [0.29, 0.717) is 35.8 Å². The molecule has 8 heteroatoms. The van der Waals surface area contributed by atoms with Crippen LogP contribution in [0.4, 0.5) is 0 Å². The lowest BCUT2D eigenvalue weighted by Gasteiger charge is -2.40. The number of halogens is 1. The molecule has 7 nitrogen and oxygen atoms in total. The molecule has 2 saturated heterocycles. The molecule has 5 rings (SSSR count). The van der Waals surface area contributed by atoms with Gasteiger partial charge in [-0.15, -0.1) is 0 Å². The number of hydrogen-bond donors (Lipinski definition) is 4. The number of rotatable bonds is 6. The fraction of sp³-hybridized carbons (Fsp3) is 0.500. The van der Waals surface area contributed by atoms with Crippen LogP contribution in [0, 0.1) is 0 Å². The molecule has 0 radical (unpaired) electrons. The molecule has 2 fully saturated rings. The van der Waals surface area contributed by atoms with Gasteiger partial charge < -0.3 is 29.9 Å². The Morgan fingerprint density at radius 2 is 1.72 bits per heavy atom. The topological polar surface area (TPSA) is 102 Å². The van der Waals surface area contributed by atoms with Gasteiger partial charge in [0.05, 0.1) is 18.2 Å². The lowest BCUT2D eigenvalue weighted by Crippen LogP contribution is -2.55. The van der Waals surface area contributed by atoms with Gasteiger partial charge in [-0.05, 0) is 28.7 Å². The summed E-state index contributed by atoms with van der Waals surface area (Å²) in [5, 5.41) is 41.2. The van der Waals surface area contributed by atoms with Gasteiger partial charge in [0.15, 0.2) is 0 Å². The van der Waals surface area contributed by atoms with Crippen LogP contribution in [-0.4, -0.2) is 76.0 Å². The minimum Gasteiger partial charge on any atom is -0.491 e. The summed E-state index contributed by atoms with van der Waals surface area (Å²) in [6.07, 6.45) is -4.87. The molecular formula is C24H28ClNO6. The molecule has 172 valence electrons. The monoisotopic (exact) mass is 461 g/mol. The van der Waals surface area contributed by atoms with Gasteiger partial charge >= 0.3 is 0 Å². The highest BCUT2D eigenvalue weighted by Crippen LogP contribution is 2.44. The molecule has 0 saturated carbocycles. The Labute approximate surface area is 191 Å². The second kappa shape index (κ2) is 8.91. The van der Waals surface area contributed by atoms with Crippen LogP contribution in [0.25, 0.3) is 0 Å². The average molecular weight is 462 g/mol. The van der Waals surface area contributed by atoms with Crippen LogP contribution < -0.4 is 4.74 Å². The zero-order chi connectivity index (χ0) is 22.4. The Morgan fingerprint density at radius 1 is 1.00 bits per heavy atom. The van der Waals surface area contributed by atoms with Gasteiger partial charge in [-0.1, -0.05) is 41.9 Å². The third-order valence-electron chi connectivity index (χ3n) is 6.59. The van der Waals surface area contributed by atoms with E-state index in [1.807, 2.05) is 6.07 Å². The fourth-order valence-corrected chi connectivity index (χ4v) is 4.91. The van der Waals surface area contributed by atoms with Crippen molar-refractivity contribution in [2.45, 2.75) is 49.9 Å². The molecule has 3 aliphatic heterocycles. The second-order valence-corrected chi connectivity index (χ2v) is 9.24. The van der Waals surface area contributed by atoms with Gasteiger partial charge in [0.1, 0.15) is 36.3 Å². The van der Waals surface area contributed by atoms with Crippen molar-refractivity contribution in [1.82, 2.24) is 4.90 Å². The van der Waals surface area contributed by atoms with E-state index in [0.717, 1.165) is 36.3 Å². The van der Waals surface area contributed by atoms with E-state index in [4.69, 9.17) is 21.1 Å². The summed E-state index contributed by atoms with van der Waals surface area (Å²) < 4.78 is 11.6. The first kappa shape index (κ1) is 22.1. The van der Waals surface area contributed by atoms with E-state index in [1.165, 1.54) is 5.56 Å². The number of aliphatic hydroxyl groups is 4. The first-order chi connectivity index (χ1) is 15.5. The molecular weight excluding hydrogens is 434 g/mol. The van der Waals surface area contributed by atoms with Crippen molar-refractivity contribution in [1.29, 1.82) is 0 Å². The maximum absolute atomic E-state index is 10.7. The highest BCUT2D eigenvalue weighted by molar-refractivity contribution is 6.33. The molecule has 0 aliphatic carbocycles. The third kappa shape index (κ3) is 4.15. The number of nitrogens with zero attached hydrogens (tertiary/aromatic N) is 1. The summed E-state index contributed by atoms with van der Waals surface area (Å²) in [6, 6.07) is 10.3. The van der Waals surface area contributed by atoms with Gasteiger partial charge in [-0.3, -0.25) is 4.90 Å². The fourth-order valence-electron chi connectivity index (χ4n) is 4.62. The summed E-state index contributed by atoms with van der Waals surface area (Å²) in [5.74, 6) is 0.578. The zero-order valence-corrected chi connectivity index (χ0v) is 18.4. The number of fused-ring (bicyclic) bond motifs is 1. The SMILES string of the molecule is OC[C@H]1O[C@@H](c2cc(Cc3ccc(CN4CC4)cc3)c(Cl)c3c2CCO3)[C@H](O)[C@@H](O)[C@@H]1O.